The highest BCUT2D eigenvalue weighted by molar-refractivity contribution is 7.90. The Labute approximate surface area is 191 Å². The second kappa shape index (κ2) is 20.3. The van der Waals surface area contributed by atoms with E-state index in [1.54, 1.807) is 4.31 Å². The number of rotatable bonds is 21. The summed E-state index contributed by atoms with van der Waals surface area (Å²) in [6.45, 7) is 3.06. The van der Waals surface area contributed by atoms with Crippen molar-refractivity contribution in [3.63, 3.8) is 0 Å². The van der Waals surface area contributed by atoms with Gasteiger partial charge in [-0.15, -0.1) is 0 Å². The second-order valence-corrected chi connectivity index (χ2v) is 10.4. The molecule has 0 aliphatic heterocycles. The molecule has 0 aliphatic carbocycles. The van der Waals surface area contributed by atoms with Gasteiger partial charge in [0.15, 0.2) is 5.25 Å². The first-order chi connectivity index (χ1) is 15.0. The van der Waals surface area contributed by atoms with Crippen LogP contribution < -0.4 is 0 Å². The van der Waals surface area contributed by atoms with Gasteiger partial charge in [0.2, 0.25) is 10.0 Å². The van der Waals surface area contributed by atoms with Crippen LogP contribution in [0.5, 0.6) is 0 Å². The average Bonchev–Trinajstić information content (AvgIpc) is 2.76. The molecule has 0 rings (SSSR count). The van der Waals surface area contributed by atoms with E-state index in [2.05, 4.69) is 25.1 Å². The van der Waals surface area contributed by atoms with Crippen LogP contribution in [0.3, 0.4) is 0 Å². The number of hydrogen-bond acceptors (Lipinski definition) is 5. The third-order valence-corrected chi connectivity index (χ3v) is 7.72. The predicted molar refractivity (Wildman–Crippen MR) is 125 cm³/mol. The minimum absolute atomic E-state index is 0.414. The normalized spacial score (nSPS) is 12.2. The lowest BCUT2D eigenvalue weighted by atomic mass is 10.1. The van der Waals surface area contributed by atoms with Crippen LogP contribution in [0.4, 0.5) is 0 Å². The molecule has 0 radical (unpaired) electrons. The minimum atomic E-state index is -3.62. The van der Waals surface area contributed by atoms with Crippen molar-refractivity contribution in [1.29, 1.82) is 15.8 Å². The third kappa shape index (κ3) is 14.9. The van der Waals surface area contributed by atoms with Crippen molar-refractivity contribution < 1.29 is 8.42 Å². The van der Waals surface area contributed by atoms with Gasteiger partial charge in [0.05, 0.1) is 18.2 Å². The molecule has 0 fully saturated rings. The topological polar surface area (TPSA) is 109 Å². The van der Waals surface area contributed by atoms with Gasteiger partial charge in [-0.25, -0.2) is 12.7 Å². The molecule has 0 bridgehead atoms. The quantitative estimate of drug-likeness (QED) is 0.193. The number of nitrogens with zero attached hydrogens (tertiary/aromatic N) is 4. The van der Waals surface area contributed by atoms with Gasteiger partial charge in [-0.2, -0.15) is 15.8 Å². The van der Waals surface area contributed by atoms with E-state index < -0.39 is 15.3 Å². The lowest BCUT2D eigenvalue weighted by Gasteiger charge is -2.25. The molecule has 0 aromatic heterocycles. The summed E-state index contributed by atoms with van der Waals surface area (Å²) in [6, 6.07) is 6.36. The fraction of sp³-hybridized carbons (Fsp3) is 0.875. The van der Waals surface area contributed by atoms with Gasteiger partial charge < -0.3 is 0 Å². The number of hydrogen-bond donors (Lipinski definition) is 0. The molecule has 1 atom stereocenters. The fourth-order valence-corrected chi connectivity index (χ4v) is 5.35. The molecule has 6 nitrogen and oxygen atoms in total. The van der Waals surface area contributed by atoms with Crippen LogP contribution in [0, 0.1) is 34.0 Å². The summed E-state index contributed by atoms with van der Waals surface area (Å²) in [5.41, 5.74) is 0. The molecule has 0 heterocycles. The van der Waals surface area contributed by atoms with Crippen molar-refractivity contribution in [2.75, 3.05) is 13.1 Å². The Bertz CT molecular complexity index is 631. The van der Waals surface area contributed by atoms with Gasteiger partial charge in [0, 0.05) is 25.9 Å². The van der Waals surface area contributed by atoms with Crippen molar-refractivity contribution >= 4 is 10.0 Å². The van der Waals surface area contributed by atoms with Crippen LogP contribution in [0.15, 0.2) is 0 Å². The van der Waals surface area contributed by atoms with Gasteiger partial charge in [-0.3, -0.25) is 0 Å². The summed E-state index contributed by atoms with van der Waals surface area (Å²) < 4.78 is 27.9. The van der Waals surface area contributed by atoms with Gasteiger partial charge in [0.25, 0.3) is 0 Å². The van der Waals surface area contributed by atoms with Crippen LogP contribution >= 0.6 is 0 Å². The summed E-state index contributed by atoms with van der Waals surface area (Å²) in [6.07, 6.45) is 14.8. The van der Waals surface area contributed by atoms with Crippen LogP contribution in [-0.4, -0.2) is 31.1 Å². The van der Waals surface area contributed by atoms with E-state index in [0.29, 0.717) is 32.4 Å². The number of nitriles is 3. The average molecular weight is 451 g/mol. The van der Waals surface area contributed by atoms with Gasteiger partial charge in [0.1, 0.15) is 0 Å². The van der Waals surface area contributed by atoms with E-state index in [1.807, 2.05) is 0 Å². The number of unbranched alkanes of at least 4 members (excludes halogenated alkanes) is 13. The molecule has 7 heteroatoms. The molecule has 0 aromatic rings. The minimum Gasteiger partial charge on any atom is -0.211 e. The molecule has 176 valence electrons. The van der Waals surface area contributed by atoms with Crippen molar-refractivity contribution in [1.82, 2.24) is 4.31 Å². The maximum absolute atomic E-state index is 13.2. The maximum Gasteiger partial charge on any atom is 0.230 e. The Hall–Kier alpha value is -1.62. The molecule has 0 amide bonds. The lowest BCUT2D eigenvalue weighted by molar-refractivity contribution is 0.379. The molecular formula is C24H42N4O2S. The fourth-order valence-electron chi connectivity index (χ4n) is 3.63. The van der Waals surface area contributed by atoms with Crippen LogP contribution in [0.2, 0.25) is 0 Å². The largest absolute Gasteiger partial charge is 0.230 e. The zero-order valence-corrected chi connectivity index (χ0v) is 20.3. The van der Waals surface area contributed by atoms with Crippen molar-refractivity contribution in [2.45, 2.75) is 121 Å². The Morgan fingerprint density at radius 3 is 1.58 bits per heavy atom. The highest BCUT2D eigenvalue weighted by Gasteiger charge is 2.31. The molecule has 0 N–H and O–H groups in total. The highest BCUT2D eigenvalue weighted by atomic mass is 32.2. The van der Waals surface area contributed by atoms with Gasteiger partial charge in [-0.05, 0) is 32.1 Å². The molecule has 0 aromatic carbocycles. The highest BCUT2D eigenvalue weighted by Crippen LogP contribution is 2.19. The van der Waals surface area contributed by atoms with E-state index in [0.717, 1.165) is 89.9 Å². The third-order valence-electron chi connectivity index (χ3n) is 5.58. The first-order valence-electron chi connectivity index (χ1n) is 12.2. The van der Waals surface area contributed by atoms with Crippen molar-refractivity contribution in [2.24, 2.45) is 0 Å². The summed E-state index contributed by atoms with van der Waals surface area (Å²) in [4.78, 5) is 0. The second-order valence-electron chi connectivity index (χ2n) is 8.26. The maximum atomic E-state index is 13.2. The van der Waals surface area contributed by atoms with Gasteiger partial charge in [-0.1, -0.05) is 71.1 Å². The summed E-state index contributed by atoms with van der Waals surface area (Å²) in [7, 11) is -3.62. The SMILES string of the molecule is CCCCCCC(C#N)S(=O)(=O)N(CCCCCCCC#N)CCCCCCCC#N. The molecule has 0 saturated carbocycles. The monoisotopic (exact) mass is 450 g/mol. The smallest absolute Gasteiger partial charge is 0.211 e. The first kappa shape index (κ1) is 29.4. The predicted octanol–water partition coefficient (Wildman–Crippen LogP) is 6.21. The summed E-state index contributed by atoms with van der Waals surface area (Å²) in [5.74, 6) is 0. The van der Waals surface area contributed by atoms with Crippen molar-refractivity contribution in [3.05, 3.63) is 0 Å². The van der Waals surface area contributed by atoms with E-state index in [1.165, 1.54) is 0 Å². The molecule has 0 spiro atoms. The van der Waals surface area contributed by atoms with Crippen LogP contribution in [0.25, 0.3) is 0 Å². The molecule has 1 unspecified atom stereocenters. The Morgan fingerprint density at radius 1 is 0.677 bits per heavy atom. The van der Waals surface area contributed by atoms with Crippen LogP contribution in [-0.2, 0) is 10.0 Å². The van der Waals surface area contributed by atoms with E-state index in [9.17, 15) is 13.7 Å². The first-order valence-corrected chi connectivity index (χ1v) is 13.7. The zero-order valence-electron chi connectivity index (χ0n) is 19.5. The Morgan fingerprint density at radius 2 is 1.13 bits per heavy atom. The van der Waals surface area contributed by atoms with E-state index in [-0.39, 0.29) is 0 Å². The summed E-state index contributed by atoms with van der Waals surface area (Å²) >= 11 is 0. The molecule has 0 saturated heterocycles. The standard InChI is InChI=1S/C24H42N4O2S/c1-2-3-4-13-18-24(23-27)31(29,30)28(21-16-11-7-5-9-14-19-25)22-17-12-8-6-10-15-20-26/h24H,2-18,21-22H2,1H3. The van der Waals surface area contributed by atoms with Crippen LogP contribution in [0.1, 0.15) is 116 Å². The van der Waals surface area contributed by atoms with Crippen molar-refractivity contribution in [3.8, 4) is 18.2 Å². The lowest BCUT2D eigenvalue weighted by Crippen LogP contribution is -2.39. The summed E-state index contributed by atoms with van der Waals surface area (Å²) in [5, 5.41) is 25.8. The molecular weight excluding hydrogens is 408 g/mol. The molecule has 31 heavy (non-hydrogen) atoms. The van der Waals surface area contributed by atoms with E-state index in [4.69, 9.17) is 10.5 Å². The Balaban J connectivity index is 4.70. The molecule has 0 aliphatic rings. The number of sulfonamides is 1. The van der Waals surface area contributed by atoms with Gasteiger partial charge >= 0.3 is 0 Å². The zero-order chi connectivity index (χ0) is 23.2. The van der Waals surface area contributed by atoms with E-state index >= 15 is 0 Å². The Kier molecular flexibility index (Phi) is 19.2.